The van der Waals surface area contributed by atoms with Crippen LogP contribution in [0.3, 0.4) is 0 Å². The molecule has 0 fully saturated rings. The molecule has 0 aliphatic rings. The molecular formula is C8H10Cl3NO2. The monoisotopic (exact) mass is 257 g/mol. The molecule has 0 aliphatic heterocycles. The molecule has 0 spiro atoms. The molecule has 0 radical (unpaired) electrons. The van der Waals surface area contributed by atoms with Crippen LogP contribution in [0.2, 0.25) is 0 Å². The van der Waals surface area contributed by atoms with Gasteiger partial charge in [-0.15, -0.1) is 24.8 Å². The number of carbonyl (C=O) groups is 1. The van der Waals surface area contributed by atoms with E-state index in [1.54, 1.807) is 12.1 Å². The predicted octanol–water partition coefficient (Wildman–Crippen LogP) is 2.41. The molecule has 1 aromatic rings. The molecule has 0 aromatic heterocycles. The van der Waals surface area contributed by atoms with Gasteiger partial charge in [-0.3, -0.25) is 4.79 Å². The summed E-state index contributed by atoms with van der Waals surface area (Å²) in [6, 6.07) is 6.38. The quantitative estimate of drug-likeness (QED) is 0.647. The summed E-state index contributed by atoms with van der Waals surface area (Å²) >= 11 is 5.11. The number of nitrogens with one attached hydrogen (secondary N) is 1. The Morgan fingerprint density at radius 1 is 1.29 bits per heavy atom. The van der Waals surface area contributed by atoms with E-state index in [4.69, 9.17) is 16.7 Å². The molecule has 6 heteroatoms. The minimum atomic E-state index is -0.442. The van der Waals surface area contributed by atoms with E-state index in [2.05, 4.69) is 5.32 Å². The fourth-order valence-corrected chi connectivity index (χ4v) is 0.818. The zero-order valence-electron chi connectivity index (χ0n) is 7.07. The highest BCUT2D eigenvalue weighted by Crippen LogP contribution is 2.13. The highest BCUT2D eigenvalue weighted by atomic mass is 35.5. The lowest BCUT2D eigenvalue weighted by molar-refractivity contribution is -0.110. The first kappa shape index (κ1) is 15.8. The molecule has 14 heavy (non-hydrogen) atoms. The number of hydrogen-bond acceptors (Lipinski definition) is 3. The number of benzene rings is 1. The van der Waals surface area contributed by atoms with Crippen LogP contribution in [0, 0.1) is 0 Å². The summed E-state index contributed by atoms with van der Waals surface area (Å²) in [4.78, 5) is 10.3. The third-order valence-corrected chi connectivity index (χ3v) is 1.43. The Bertz CT molecular complexity index is 276. The van der Waals surface area contributed by atoms with Crippen LogP contribution < -0.4 is 5.32 Å². The average molecular weight is 259 g/mol. The maximum atomic E-state index is 10.3. The van der Waals surface area contributed by atoms with Gasteiger partial charge in [-0.05, 0) is 35.9 Å². The van der Waals surface area contributed by atoms with Crippen LogP contribution in [0.1, 0.15) is 0 Å². The SMILES string of the molecule is Cl.Cl.O=C(Cl)CNc1ccc(O)cc1. The van der Waals surface area contributed by atoms with Crippen LogP contribution in [0.4, 0.5) is 5.69 Å². The van der Waals surface area contributed by atoms with Crippen LogP contribution in [-0.2, 0) is 4.79 Å². The van der Waals surface area contributed by atoms with Crippen molar-refractivity contribution >= 4 is 47.3 Å². The van der Waals surface area contributed by atoms with Gasteiger partial charge in [0, 0.05) is 5.69 Å². The minimum Gasteiger partial charge on any atom is -0.508 e. The lowest BCUT2D eigenvalue weighted by atomic mass is 10.3. The smallest absolute Gasteiger partial charge is 0.240 e. The van der Waals surface area contributed by atoms with Crippen LogP contribution in [-0.4, -0.2) is 16.9 Å². The molecule has 1 rings (SSSR count). The normalized spacial score (nSPS) is 8.07. The summed E-state index contributed by atoms with van der Waals surface area (Å²) in [5, 5.41) is 11.3. The summed E-state index contributed by atoms with van der Waals surface area (Å²) in [6.07, 6.45) is 0. The van der Waals surface area contributed by atoms with Crippen molar-refractivity contribution in [3.8, 4) is 5.75 Å². The Kier molecular flexibility index (Phi) is 8.74. The van der Waals surface area contributed by atoms with Crippen LogP contribution in [0.25, 0.3) is 0 Å². The molecule has 0 heterocycles. The first-order valence-corrected chi connectivity index (χ1v) is 3.77. The van der Waals surface area contributed by atoms with E-state index in [-0.39, 0.29) is 37.1 Å². The summed E-state index contributed by atoms with van der Waals surface area (Å²) in [6.45, 7) is 0.0896. The Morgan fingerprint density at radius 3 is 2.21 bits per heavy atom. The number of anilines is 1. The van der Waals surface area contributed by atoms with Crippen molar-refractivity contribution in [3.63, 3.8) is 0 Å². The summed E-state index contributed by atoms with van der Waals surface area (Å²) < 4.78 is 0. The van der Waals surface area contributed by atoms with E-state index in [0.717, 1.165) is 5.69 Å². The van der Waals surface area contributed by atoms with Crippen LogP contribution in [0.15, 0.2) is 24.3 Å². The topological polar surface area (TPSA) is 49.3 Å². The number of carbonyl (C=O) groups excluding carboxylic acids is 1. The van der Waals surface area contributed by atoms with Crippen molar-refractivity contribution in [2.75, 3.05) is 11.9 Å². The predicted molar refractivity (Wildman–Crippen MR) is 62.0 cm³/mol. The minimum absolute atomic E-state index is 0. The summed E-state index contributed by atoms with van der Waals surface area (Å²) in [5.41, 5.74) is 0.752. The van der Waals surface area contributed by atoms with Gasteiger partial charge in [-0.25, -0.2) is 0 Å². The molecule has 0 saturated carbocycles. The first-order valence-electron chi connectivity index (χ1n) is 3.40. The third kappa shape index (κ3) is 5.91. The van der Waals surface area contributed by atoms with E-state index in [9.17, 15) is 4.79 Å². The van der Waals surface area contributed by atoms with Gasteiger partial charge in [0.05, 0.1) is 6.54 Å². The molecular weight excluding hydrogens is 248 g/mol. The second-order valence-corrected chi connectivity index (χ2v) is 2.68. The third-order valence-electron chi connectivity index (χ3n) is 1.30. The number of hydrogen-bond donors (Lipinski definition) is 2. The number of phenols is 1. The van der Waals surface area contributed by atoms with Crippen molar-refractivity contribution < 1.29 is 9.90 Å². The largest absolute Gasteiger partial charge is 0.508 e. The van der Waals surface area contributed by atoms with E-state index in [1.165, 1.54) is 12.1 Å². The molecule has 2 N–H and O–H groups in total. The van der Waals surface area contributed by atoms with E-state index in [0.29, 0.717) is 0 Å². The van der Waals surface area contributed by atoms with Crippen molar-refractivity contribution in [2.45, 2.75) is 0 Å². The van der Waals surface area contributed by atoms with Gasteiger partial charge >= 0.3 is 0 Å². The molecule has 0 atom stereocenters. The number of halogens is 3. The summed E-state index contributed by atoms with van der Waals surface area (Å²) in [7, 11) is 0. The molecule has 0 amide bonds. The molecule has 0 aliphatic carbocycles. The van der Waals surface area contributed by atoms with Gasteiger partial charge in [-0.2, -0.15) is 0 Å². The Morgan fingerprint density at radius 2 is 1.79 bits per heavy atom. The maximum Gasteiger partial charge on any atom is 0.240 e. The summed E-state index contributed by atoms with van der Waals surface area (Å²) in [5.74, 6) is 0.192. The second kappa shape index (κ2) is 7.74. The highest BCUT2D eigenvalue weighted by molar-refractivity contribution is 6.64. The lowest BCUT2D eigenvalue weighted by Crippen LogP contribution is -2.07. The van der Waals surface area contributed by atoms with Gasteiger partial charge in [0.2, 0.25) is 5.24 Å². The van der Waals surface area contributed by atoms with Gasteiger partial charge in [0.25, 0.3) is 0 Å². The molecule has 3 nitrogen and oxygen atoms in total. The molecule has 0 bridgehead atoms. The second-order valence-electron chi connectivity index (χ2n) is 2.26. The standard InChI is InChI=1S/C8H8ClNO2.2ClH/c9-8(12)5-10-6-1-3-7(11)4-2-6;;/h1-4,10-11H,5H2;2*1H. The lowest BCUT2D eigenvalue weighted by Gasteiger charge is -2.01. The zero-order chi connectivity index (χ0) is 8.97. The van der Waals surface area contributed by atoms with Crippen LogP contribution in [0.5, 0.6) is 5.75 Å². The average Bonchev–Trinajstić information content (AvgIpc) is 2.03. The van der Waals surface area contributed by atoms with E-state index >= 15 is 0 Å². The van der Waals surface area contributed by atoms with Gasteiger partial charge in [0.15, 0.2) is 0 Å². The van der Waals surface area contributed by atoms with Gasteiger partial charge in [0.1, 0.15) is 5.75 Å². The maximum absolute atomic E-state index is 10.3. The van der Waals surface area contributed by atoms with E-state index < -0.39 is 5.24 Å². The van der Waals surface area contributed by atoms with Crippen molar-refractivity contribution in [1.29, 1.82) is 0 Å². The molecule has 0 unspecified atom stereocenters. The Balaban J connectivity index is 0. The molecule has 80 valence electrons. The fraction of sp³-hybridized carbons (Fsp3) is 0.125. The fourth-order valence-electron chi connectivity index (χ4n) is 0.751. The van der Waals surface area contributed by atoms with Gasteiger partial charge in [-0.1, -0.05) is 0 Å². The first-order chi connectivity index (χ1) is 5.68. The van der Waals surface area contributed by atoms with E-state index in [1.807, 2.05) is 0 Å². The Labute approximate surface area is 99.3 Å². The van der Waals surface area contributed by atoms with Crippen LogP contribution >= 0.6 is 36.4 Å². The van der Waals surface area contributed by atoms with Crippen molar-refractivity contribution in [2.24, 2.45) is 0 Å². The van der Waals surface area contributed by atoms with Crippen molar-refractivity contribution in [1.82, 2.24) is 0 Å². The molecule has 1 aromatic carbocycles. The number of rotatable bonds is 3. The molecule has 0 saturated heterocycles. The number of phenolic OH excluding ortho intramolecular Hbond substituents is 1. The van der Waals surface area contributed by atoms with Gasteiger partial charge < -0.3 is 10.4 Å². The highest BCUT2D eigenvalue weighted by Gasteiger charge is 1.95. The zero-order valence-corrected chi connectivity index (χ0v) is 9.46. The Hall–Kier alpha value is -0.640. The number of aromatic hydroxyl groups is 1. The van der Waals surface area contributed by atoms with Crippen molar-refractivity contribution in [3.05, 3.63) is 24.3 Å².